The first-order valence-electron chi connectivity index (χ1n) is 10.1. The smallest absolute Gasteiger partial charge is 0.276 e. The zero-order chi connectivity index (χ0) is 22.7. The fourth-order valence-corrected chi connectivity index (χ4v) is 3.48. The van der Waals surface area contributed by atoms with Crippen molar-refractivity contribution in [2.24, 2.45) is 7.05 Å². The highest BCUT2D eigenvalue weighted by Crippen LogP contribution is 2.29. The van der Waals surface area contributed by atoms with Crippen LogP contribution >= 0.6 is 0 Å². The van der Waals surface area contributed by atoms with E-state index in [1.54, 1.807) is 30.8 Å². The van der Waals surface area contributed by atoms with Gasteiger partial charge in [0.2, 0.25) is 0 Å². The van der Waals surface area contributed by atoms with E-state index in [0.29, 0.717) is 22.7 Å². The number of ether oxygens (including phenoxy) is 1. The molecule has 2 aromatic carbocycles. The van der Waals surface area contributed by atoms with Crippen molar-refractivity contribution in [2.45, 2.75) is 13.8 Å². The molecule has 2 heterocycles. The number of carbonyl (C=O) groups is 2. The van der Waals surface area contributed by atoms with Crippen molar-refractivity contribution in [2.75, 3.05) is 6.61 Å². The number of hydrogen-bond donors (Lipinski definition) is 2. The Bertz CT molecular complexity index is 1300. The van der Waals surface area contributed by atoms with E-state index in [0.717, 1.165) is 22.2 Å². The number of benzene rings is 2. The number of nitrogens with one attached hydrogen (secondary N) is 2. The molecule has 4 aromatic rings. The maximum Gasteiger partial charge on any atom is 0.276 e. The van der Waals surface area contributed by atoms with Crippen molar-refractivity contribution in [1.82, 2.24) is 25.6 Å². The number of hydrazine groups is 1. The topological polar surface area (TPSA) is 98.1 Å². The largest absolute Gasteiger partial charge is 0.483 e. The molecule has 4 rings (SSSR count). The van der Waals surface area contributed by atoms with Gasteiger partial charge in [0, 0.05) is 18.0 Å². The third kappa shape index (κ3) is 4.29. The molecule has 0 atom stereocenters. The van der Waals surface area contributed by atoms with Gasteiger partial charge in [-0.15, -0.1) is 0 Å². The Morgan fingerprint density at radius 3 is 2.47 bits per heavy atom. The second-order valence-corrected chi connectivity index (χ2v) is 7.35. The van der Waals surface area contributed by atoms with Crippen molar-refractivity contribution in [1.29, 1.82) is 0 Å². The standard InChI is InChI=1S/C24H23N5O3/c1-15-20(13-19-16(2)28-29(3)23(19)25-15)24(31)27-26-22(30)14-32-21-12-8-7-11-18(21)17-9-5-4-6-10-17/h4-13H,14H2,1-3H3,(H,26,30)(H,27,31). The van der Waals surface area contributed by atoms with Crippen molar-refractivity contribution in [3.8, 4) is 16.9 Å². The average molecular weight is 429 g/mol. The first-order chi connectivity index (χ1) is 15.4. The van der Waals surface area contributed by atoms with E-state index in [-0.39, 0.29) is 6.61 Å². The van der Waals surface area contributed by atoms with Crippen LogP contribution in [0.4, 0.5) is 0 Å². The molecule has 0 saturated heterocycles. The molecular weight excluding hydrogens is 406 g/mol. The molecule has 32 heavy (non-hydrogen) atoms. The predicted octanol–water partition coefficient (Wildman–Crippen LogP) is 3.09. The van der Waals surface area contributed by atoms with Gasteiger partial charge in [0.15, 0.2) is 12.3 Å². The molecule has 0 spiro atoms. The number of hydrogen-bond acceptors (Lipinski definition) is 5. The molecule has 0 radical (unpaired) electrons. The molecule has 0 aliphatic rings. The van der Waals surface area contributed by atoms with Crippen LogP contribution in [0.5, 0.6) is 5.75 Å². The van der Waals surface area contributed by atoms with Gasteiger partial charge in [-0.05, 0) is 31.5 Å². The van der Waals surface area contributed by atoms with E-state index in [1.165, 1.54) is 0 Å². The second kappa shape index (κ2) is 8.89. The Morgan fingerprint density at radius 1 is 0.969 bits per heavy atom. The predicted molar refractivity (Wildman–Crippen MR) is 121 cm³/mol. The molecule has 0 aliphatic carbocycles. The van der Waals surface area contributed by atoms with Crippen molar-refractivity contribution in [3.05, 3.63) is 77.6 Å². The van der Waals surface area contributed by atoms with Crippen LogP contribution in [0.2, 0.25) is 0 Å². The Morgan fingerprint density at radius 2 is 1.69 bits per heavy atom. The lowest BCUT2D eigenvalue weighted by atomic mass is 10.1. The number of pyridine rings is 1. The first-order valence-corrected chi connectivity index (χ1v) is 10.1. The van der Waals surface area contributed by atoms with Gasteiger partial charge >= 0.3 is 0 Å². The van der Waals surface area contributed by atoms with Gasteiger partial charge in [-0.1, -0.05) is 48.5 Å². The summed E-state index contributed by atoms with van der Waals surface area (Å²) in [5.41, 5.74) is 9.07. The number of para-hydroxylation sites is 1. The van der Waals surface area contributed by atoms with Crippen molar-refractivity contribution in [3.63, 3.8) is 0 Å². The molecule has 0 saturated carbocycles. The molecule has 2 amide bonds. The first kappa shape index (κ1) is 21.0. The van der Waals surface area contributed by atoms with Crippen LogP contribution in [0.3, 0.4) is 0 Å². The second-order valence-electron chi connectivity index (χ2n) is 7.35. The quantitative estimate of drug-likeness (QED) is 0.475. The lowest BCUT2D eigenvalue weighted by Crippen LogP contribution is -2.44. The number of amides is 2. The lowest BCUT2D eigenvalue weighted by molar-refractivity contribution is -0.123. The van der Waals surface area contributed by atoms with Gasteiger partial charge in [-0.25, -0.2) is 4.98 Å². The molecular formula is C24H23N5O3. The summed E-state index contributed by atoms with van der Waals surface area (Å²) in [6.07, 6.45) is 0. The normalized spacial score (nSPS) is 10.7. The van der Waals surface area contributed by atoms with Crippen LogP contribution in [-0.2, 0) is 11.8 Å². The van der Waals surface area contributed by atoms with Gasteiger partial charge in [0.25, 0.3) is 11.8 Å². The summed E-state index contributed by atoms with van der Waals surface area (Å²) in [5.74, 6) is -0.360. The fourth-order valence-electron chi connectivity index (χ4n) is 3.48. The molecule has 8 heteroatoms. The van der Waals surface area contributed by atoms with E-state index in [1.807, 2.05) is 55.5 Å². The minimum absolute atomic E-state index is 0.248. The summed E-state index contributed by atoms with van der Waals surface area (Å²) in [4.78, 5) is 29.3. The molecule has 162 valence electrons. The number of nitrogens with zero attached hydrogens (tertiary/aromatic N) is 3. The monoisotopic (exact) mass is 429 g/mol. The van der Waals surface area contributed by atoms with Gasteiger partial charge in [-0.3, -0.25) is 25.1 Å². The van der Waals surface area contributed by atoms with Gasteiger partial charge < -0.3 is 4.74 Å². The van der Waals surface area contributed by atoms with Gasteiger partial charge in [0.05, 0.1) is 17.0 Å². The number of carbonyl (C=O) groups excluding carboxylic acids is 2. The minimum Gasteiger partial charge on any atom is -0.483 e. The SMILES string of the molecule is Cc1nc2c(cc1C(=O)NNC(=O)COc1ccccc1-c1ccccc1)c(C)nn2C. The van der Waals surface area contributed by atoms with E-state index in [4.69, 9.17) is 4.74 Å². The Kier molecular flexibility index (Phi) is 5.85. The van der Waals surface area contributed by atoms with Crippen molar-refractivity contribution >= 4 is 22.8 Å². The summed E-state index contributed by atoms with van der Waals surface area (Å²) < 4.78 is 7.38. The van der Waals surface area contributed by atoms with Crippen LogP contribution in [0.25, 0.3) is 22.2 Å². The Labute approximate surface area is 185 Å². The average Bonchev–Trinajstić information content (AvgIpc) is 3.08. The van der Waals surface area contributed by atoms with E-state index in [2.05, 4.69) is 20.9 Å². The summed E-state index contributed by atoms with van der Waals surface area (Å²) in [6, 6.07) is 19.0. The van der Waals surface area contributed by atoms with Crippen LogP contribution in [-0.4, -0.2) is 33.2 Å². The number of aromatic nitrogens is 3. The Balaban J connectivity index is 1.39. The van der Waals surface area contributed by atoms with Gasteiger partial charge in [-0.2, -0.15) is 5.10 Å². The van der Waals surface area contributed by atoms with Gasteiger partial charge in [0.1, 0.15) is 5.75 Å². The van der Waals surface area contributed by atoms with Crippen LogP contribution in [0.15, 0.2) is 60.7 Å². The minimum atomic E-state index is -0.481. The molecule has 0 bridgehead atoms. The molecule has 0 fully saturated rings. The maximum absolute atomic E-state index is 12.6. The molecule has 8 nitrogen and oxygen atoms in total. The van der Waals surface area contributed by atoms with E-state index >= 15 is 0 Å². The van der Waals surface area contributed by atoms with E-state index < -0.39 is 11.8 Å². The van der Waals surface area contributed by atoms with Crippen LogP contribution in [0.1, 0.15) is 21.7 Å². The van der Waals surface area contributed by atoms with Crippen LogP contribution in [0, 0.1) is 13.8 Å². The zero-order valence-electron chi connectivity index (χ0n) is 18.0. The van der Waals surface area contributed by atoms with E-state index in [9.17, 15) is 9.59 Å². The Hall–Kier alpha value is -4.20. The highest BCUT2D eigenvalue weighted by atomic mass is 16.5. The summed E-state index contributed by atoms with van der Waals surface area (Å²) in [6.45, 7) is 3.34. The lowest BCUT2D eigenvalue weighted by Gasteiger charge is -2.12. The third-order valence-corrected chi connectivity index (χ3v) is 5.08. The highest BCUT2D eigenvalue weighted by molar-refractivity contribution is 5.99. The maximum atomic E-state index is 12.6. The fraction of sp³-hybridized carbons (Fsp3) is 0.167. The van der Waals surface area contributed by atoms with Crippen molar-refractivity contribution < 1.29 is 14.3 Å². The zero-order valence-corrected chi connectivity index (χ0v) is 18.0. The third-order valence-electron chi connectivity index (χ3n) is 5.08. The molecule has 2 aromatic heterocycles. The molecule has 2 N–H and O–H groups in total. The number of rotatable bonds is 5. The molecule has 0 aliphatic heterocycles. The molecule has 0 unspecified atom stereocenters. The summed E-state index contributed by atoms with van der Waals surface area (Å²) in [5, 5.41) is 5.11. The highest BCUT2D eigenvalue weighted by Gasteiger charge is 2.16. The number of aryl methyl sites for hydroxylation is 3. The van der Waals surface area contributed by atoms with Crippen LogP contribution < -0.4 is 15.6 Å². The summed E-state index contributed by atoms with van der Waals surface area (Å²) in [7, 11) is 1.80. The number of fused-ring (bicyclic) bond motifs is 1. The summed E-state index contributed by atoms with van der Waals surface area (Å²) >= 11 is 0.